The minimum absolute atomic E-state index is 0.0279. The van der Waals surface area contributed by atoms with E-state index >= 15 is 0 Å². The van der Waals surface area contributed by atoms with Crippen molar-refractivity contribution in [3.8, 4) is 0 Å². The molecule has 2 aliphatic heterocycles. The number of unbranched alkanes of at least 4 members (excludes halogenated alkanes) is 13. The van der Waals surface area contributed by atoms with E-state index in [1.165, 1.54) is 57.8 Å². The molecule has 8 heteroatoms. The van der Waals surface area contributed by atoms with E-state index in [2.05, 4.69) is 12.1 Å². The first-order valence-corrected chi connectivity index (χ1v) is 18.4. The molecule has 7 atom stereocenters. The lowest BCUT2D eigenvalue weighted by Crippen LogP contribution is -2.31. The number of hydrogen-bond acceptors (Lipinski definition) is 8. The maximum atomic E-state index is 12.0. The fourth-order valence-corrected chi connectivity index (χ4v) is 6.91. The summed E-state index contributed by atoms with van der Waals surface area (Å²) in [7, 11) is 0. The molecule has 0 aromatic rings. The second-order valence-electron chi connectivity index (χ2n) is 13.9. The van der Waals surface area contributed by atoms with Crippen molar-refractivity contribution in [2.24, 2.45) is 11.1 Å². The number of ether oxygens (including phenoxy) is 2. The van der Waals surface area contributed by atoms with E-state index in [1.54, 1.807) is 6.92 Å². The largest absolute Gasteiger partial charge is 0.462 e. The van der Waals surface area contributed by atoms with Gasteiger partial charge in [0.1, 0.15) is 6.10 Å². The first-order chi connectivity index (χ1) is 21.3. The molecule has 2 saturated heterocycles. The van der Waals surface area contributed by atoms with Crippen LogP contribution < -0.4 is 0 Å². The number of carbonyl (C=O) groups is 1. The SMILES string of the molecule is CCCCCCCCCCCC[C@@H](O)[C@H]1CC[C@H]([C@H](O)CCCC[C@H](O)CCCCCC[C@@H]2CC(C/C(C)=N/O)C(=O)O2)O1. The predicted octanol–water partition coefficient (Wildman–Crippen LogP) is 8.00. The molecule has 0 spiro atoms. The summed E-state index contributed by atoms with van der Waals surface area (Å²) < 4.78 is 11.5. The molecule has 0 amide bonds. The van der Waals surface area contributed by atoms with Crippen LogP contribution in [0.4, 0.5) is 0 Å². The molecule has 1 unspecified atom stereocenters. The number of aliphatic hydroxyl groups excluding tert-OH is 3. The molecule has 2 aliphatic rings. The smallest absolute Gasteiger partial charge is 0.309 e. The molecule has 2 fully saturated rings. The van der Waals surface area contributed by atoms with Gasteiger partial charge >= 0.3 is 5.97 Å². The Labute approximate surface area is 268 Å². The highest BCUT2D eigenvalue weighted by atomic mass is 16.6. The van der Waals surface area contributed by atoms with Crippen LogP contribution in [-0.4, -0.2) is 68.8 Å². The summed E-state index contributed by atoms with van der Waals surface area (Å²) in [5.41, 5.74) is 0.560. The number of esters is 1. The number of aliphatic hydroxyl groups is 3. The van der Waals surface area contributed by atoms with Crippen molar-refractivity contribution in [2.75, 3.05) is 0 Å². The second-order valence-corrected chi connectivity index (χ2v) is 13.9. The van der Waals surface area contributed by atoms with Gasteiger partial charge in [0.05, 0.1) is 42.1 Å². The van der Waals surface area contributed by atoms with Gasteiger partial charge in [0, 0.05) is 6.42 Å². The molecule has 0 saturated carbocycles. The predicted molar refractivity (Wildman–Crippen MR) is 176 cm³/mol. The van der Waals surface area contributed by atoms with Gasteiger partial charge in [-0.25, -0.2) is 0 Å². The van der Waals surface area contributed by atoms with Crippen molar-refractivity contribution in [1.82, 2.24) is 0 Å². The average molecular weight is 626 g/mol. The van der Waals surface area contributed by atoms with Crippen LogP contribution in [0.25, 0.3) is 0 Å². The standard InChI is InChI=1S/C36H67NO7/c1-3-4-5-6-7-8-9-10-11-16-22-32(39)34-24-25-35(44-34)33(40)23-18-17-20-30(38)19-14-12-13-15-21-31-27-29(36(41)43-31)26-28(2)37-42/h29-35,38-40,42H,3-27H2,1-2H3/b37-28+/t29?,30-,31-,32-,33-,34-,35-/m1/s1. The summed E-state index contributed by atoms with van der Waals surface area (Å²) in [4.78, 5) is 12.0. The summed E-state index contributed by atoms with van der Waals surface area (Å²) >= 11 is 0. The highest BCUT2D eigenvalue weighted by Gasteiger charge is 2.35. The molecule has 44 heavy (non-hydrogen) atoms. The van der Waals surface area contributed by atoms with Gasteiger partial charge in [-0.3, -0.25) is 4.79 Å². The average Bonchev–Trinajstić information content (AvgIpc) is 3.64. The van der Waals surface area contributed by atoms with Crippen LogP contribution in [-0.2, 0) is 14.3 Å². The van der Waals surface area contributed by atoms with Crippen LogP contribution in [0, 0.1) is 5.92 Å². The van der Waals surface area contributed by atoms with Crippen molar-refractivity contribution in [3.63, 3.8) is 0 Å². The van der Waals surface area contributed by atoms with Crippen LogP contribution in [0.1, 0.15) is 174 Å². The number of cyclic esters (lactones) is 1. The lowest BCUT2D eigenvalue weighted by molar-refractivity contribution is -0.144. The molecule has 0 aromatic heterocycles. The monoisotopic (exact) mass is 625 g/mol. The molecule has 2 rings (SSSR count). The summed E-state index contributed by atoms with van der Waals surface area (Å²) in [5.74, 6) is -0.367. The maximum absolute atomic E-state index is 12.0. The van der Waals surface area contributed by atoms with Gasteiger partial charge in [0.2, 0.25) is 0 Å². The highest BCUT2D eigenvalue weighted by molar-refractivity contribution is 5.87. The molecular formula is C36H67NO7. The zero-order valence-electron chi connectivity index (χ0n) is 28.2. The molecule has 4 N–H and O–H groups in total. The molecule has 8 nitrogen and oxygen atoms in total. The third-order valence-electron chi connectivity index (χ3n) is 9.77. The fraction of sp³-hybridized carbons (Fsp3) is 0.944. The fourth-order valence-electron chi connectivity index (χ4n) is 6.91. The lowest BCUT2D eigenvalue weighted by atomic mass is 9.96. The zero-order chi connectivity index (χ0) is 32.0. The van der Waals surface area contributed by atoms with Crippen molar-refractivity contribution in [2.45, 2.75) is 211 Å². The third kappa shape index (κ3) is 16.9. The molecule has 258 valence electrons. The van der Waals surface area contributed by atoms with Crippen LogP contribution in [0.15, 0.2) is 5.16 Å². The number of hydrogen-bond donors (Lipinski definition) is 4. The Hall–Kier alpha value is -1.22. The Balaban J connectivity index is 1.41. The number of carbonyl (C=O) groups excluding carboxylic acids is 1. The van der Waals surface area contributed by atoms with Crippen LogP contribution >= 0.6 is 0 Å². The lowest BCUT2D eigenvalue weighted by Gasteiger charge is -2.22. The molecule has 0 aliphatic carbocycles. The maximum Gasteiger partial charge on any atom is 0.309 e. The minimum Gasteiger partial charge on any atom is -0.462 e. The Morgan fingerprint density at radius 1 is 0.750 bits per heavy atom. The quantitative estimate of drug-likeness (QED) is 0.0239. The van der Waals surface area contributed by atoms with Crippen molar-refractivity contribution < 1.29 is 34.8 Å². The minimum atomic E-state index is -0.497. The van der Waals surface area contributed by atoms with Gasteiger partial charge in [-0.05, 0) is 64.7 Å². The van der Waals surface area contributed by atoms with E-state index in [9.17, 15) is 20.1 Å². The second kappa shape index (κ2) is 24.0. The Kier molecular flexibility index (Phi) is 21.3. The summed E-state index contributed by atoms with van der Waals surface area (Å²) in [6.07, 6.45) is 23.9. The molecule has 0 aromatic carbocycles. The molecule has 2 heterocycles. The first kappa shape index (κ1) is 39.0. The normalized spacial score (nSPS) is 24.5. The summed E-state index contributed by atoms with van der Waals surface area (Å²) in [6, 6.07) is 0. The van der Waals surface area contributed by atoms with E-state index in [1.807, 2.05) is 0 Å². The zero-order valence-corrected chi connectivity index (χ0v) is 28.2. The van der Waals surface area contributed by atoms with E-state index in [-0.39, 0.29) is 36.3 Å². The van der Waals surface area contributed by atoms with Crippen LogP contribution in [0.3, 0.4) is 0 Å². The van der Waals surface area contributed by atoms with E-state index in [4.69, 9.17) is 14.7 Å². The first-order valence-electron chi connectivity index (χ1n) is 18.4. The summed E-state index contributed by atoms with van der Waals surface area (Å²) in [5, 5.41) is 43.6. The van der Waals surface area contributed by atoms with Crippen LogP contribution in [0.2, 0.25) is 0 Å². The molecule has 0 radical (unpaired) electrons. The summed E-state index contributed by atoms with van der Waals surface area (Å²) in [6.45, 7) is 3.97. The van der Waals surface area contributed by atoms with Crippen molar-refractivity contribution >= 4 is 11.7 Å². The van der Waals surface area contributed by atoms with E-state index in [0.717, 1.165) is 83.5 Å². The Bertz CT molecular complexity index is 763. The van der Waals surface area contributed by atoms with Gasteiger partial charge in [-0.15, -0.1) is 0 Å². The highest BCUT2D eigenvalue weighted by Crippen LogP contribution is 2.29. The van der Waals surface area contributed by atoms with E-state index < -0.39 is 12.2 Å². The van der Waals surface area contributed by atoms with Crippen LogP contribution in [0.5, 0.6) is 0 Å². The van der Waals surface area contributed by atoms with Gasteiger partial charge in [-0.1, -0.05) is 108 Å². The number of nitrogens with zero attached hydrogens (tertiary/aromatic N) is 1. The third-order valence-corrected chi connectivity index (χ3v) is 9.77. The topological polar surface area (TPSA) is 129 Å². The molecular weight excluding hydrogens is 558 g/mol. The number of rotatable bonds is 27. The van der Waals surface area contributed by atoms with E-state index in [0.29, 0.717) is 25.0 Å². The van der Waals surface area contributed by atoms with Gasteiger partial charge in [0.15, 0.2) is 0 Å². The van der Waals surface area contributed by atoms with Gasteiger partial charge in [0.25, 0.3) is 0 Å². The molecule has 0 bridgehead atoms. The van der Waals surface area contributed by atoms with Crippen molar-refractivity contribution in [1.29, 1.82) is 0 Å². The Morgan fingerprint density at radius 3 is 1.80 bits per heavy atom. The number of oxime groups is 1. The Morgan fingerprint density at radius 2 is 1.23 bits per heavy atom. The van der Waals surface area contributed by atoms with Gasteiger partial charge < -0.3 is 30.0 Å². The van der Waals surface area contributed by atoms with Crippen molar-refractivity contribution in [3.05, 3.63) is 0 Å². The van der Waals surface area contributed by atoms with Gasteiger partial charge in [-0.2, -0.15) is 0 Å².